The Balaban J connectivity index is 2.82. The number of benzene rings is 2. The van der Waals surface area contributed by atoms with Crippen LogP contribution in [0.25, 0.3) is 11.1 Å². The van der Waals surface area contributed by atoms with Crippen molar-refractivity contribution in [3.05, 3.63) is 99.6 Å². The first-order chi connectivity index (χ1) is 14.1. The molecular formula is C27H32N2. The van der Waals surface area contributed by atoms with Crippen LogP contribution in [-0.4, -0.2) is 10.7 Å². The van der Waals surface area contributed by atoms with Crippen LogP contribution in [0.2, 0.25) is 0 Å². The van der Waals surface area contributed by atoms with E-state index in [-0.39, 0.29) is 0 Å². The van der Waals surface area contributed by atoms with Crippen LogP contribution in [0.1, 0.15) is 69.2 Å². The van der Waals surface area contributed by atoms with Crippen molar-refractivity contribution in [3.63, 3.8) is 0 Å². The van der Waals surface area contributed by atoms with E-state index in [4.69, 9.17) is 5.53 Å². The van der Waals surface area contributed by atoms with Crippen LogP contribution >= 0.6 is 0 Å². The van der Waals surface area contributed by atoms with Crippen molar-refractivity contribution < 1.29 is 4.79 Å². The Morgan fingerprint density at radius 1 is 1.00 bits per heavy atom. The van der Waals surface area contributed by atoms with Gasteiger partial charge in [0, 0.05) is 5.57 Å². The molecule has 0 aliphatic carbocycles. The van der Waals surface area contributed by atoms with Crippen LogP contribution in [0.3, 0.4) is 0 Å². The molecule has 0 bridgehead atoms. The van der Waals surface area contributed by atoms with Crippen LogP contribution in [0, 0.1) is 0 Å². The van der Waals surface area contributed by atoms with Crippen LogP contribution in [0.15, 0.2) is 71.8 Å². The van der Waals surface area contributed by atoms with Gasteiger partial charge in [0.25, 0.3) is 0 Å². The van der Waals surface area contributed by atoms with Crippen LogP contribution < -0.4 is 0 Å². The van der Waals surface area contributed by atoms with Crippen molar-refractivity contribution in [2.45, 2.75) is 59.8 Å². The zero-order valence-corrected chi connectivity index (χ0v) is 18.2. The summed E-state index contributed by atoms with van der Waals surface area (Å²) in [6.07, 6.45) is 9.65. The predicted molar refractivity (Wildman–Crippen MR) is 124 cm³/mol. The molecule has 0 N–H and O–H groups in total. The minimum absolute atomic E-state index is 0.813. The second kappa shape index (κ2) is 11.8. The molecule has 0 atom stereocenters. The molecule has 2 aromatic rings. The molecule has 2 nitrogen and oxygen atoms in total. The zero-order chi connectivity index (χ0) is 21.1. The number of hydrogen-bond donors (Lipinski definition) is 0. The maximum atomic E-state index is 9.10. The van der Waals surface area contributed by atoms with Gasteiger partial charge in [-0.05, 0) is 60.4 Å². The molecule has 0 radical (unpaired) electrons. The van der Waals surface area contributed by atoms with Gasteiger partial charge in [-0.1, -0.05) is 87.9 Å². The highest BCUT2D eigenvalue weighted by Gasteiger charge is 2.14. The molecule has 0 fully saturated rings. The first-order valence-electron chi connectivity index (χ1n) is 10.7. The number of allylic oxidation sites excluding steroid dienone is 4. The lowest BCUT2D eigenvalue weighted by Gasteiger charge is -2.15. The molecule has 0 unspecified atom stereocenters. The van der Waals surface area contributed by atoms with E-state index < -0.39 is 0 Å². The Bertz CT molecular complexity index is 966. The van der Waals surface area contributed by atoms with E-state index >= 15 is 0 Å². The van der Waals surface area contributed by atoms with Crippen molar-refractivity contribution in [2.24, 2.45) is 0 Å². The first-order valence-corrected chi connectivity index (χ1v) is 10.7. The highest BCUT2D eigenvalue weighted by Crippen LogP contribution is 2.32. The Morgan fingerprint density at radius 3 is 2.24 bits per heavy atom. The second-order valence-electron chi connectivity index (χ2n) is 7.29. The third-order valence-corrected chi connectivity index (χ3v) is 5.07. The van der Waals surface area contributed by atoms with Gasteiger partial charge >= 0.3 is 5.87 Å². The van der Waals surface area contributed by atoms with Gasteiger partial charge in [0.2, 0.25) is 0 Å². The van der Waals surface area contributed by atoms with Crippen molar-refractivity contribution >= 4 is 11.4 Å². The quantitative estimate of drug-likeness (QED) is 0.190. The Morgan fingerprint density at radius 2 is 1.66 bits per heavy atom. The van der Waals surface area contributed by atoms with E-state index in [0.29, 0.717) is 0 Å². The molecular weight excluding hydrogens is 352 g/mol. The van der Waals surface area contributed by atoms with Crippen molar-refractivity contribution in [1.82, 2.24) is 0 Å². The number of nitrogens with zero attached hydrogens (tertiary/aromatic N) is 2. The normalized spacial score (nSPS) is 11.7. The minimum atomic E-state index is 0.813. The molecule has 2 rings (SSSR count). The summed E-state index contributed by atoms with van der Waals surface area (Å²) in [5, 5.41) is 0. The maximum absolute atomic E-state index is 9.10. The molecule has 0 aliphatic rings. The summed E-state index contributed by atoms with van der Waals surface area (Å²) in [6, 6.07) is 17.5. The molecule has 29 heavy (non-hydrogen) atoms. The van der Waals surface area contributed by atoms with E-state index in [1.165, 1.54) is 35.1 Å². The van der Waals surface area contributed by atoms with Crippen LogP contribution in [-0.2, 0) is 12.8 Å². The van der Waals surface area contributed by atoms with Crippen LogP contribution in [0.5, 0.6) is 0 Å². The molecule has 2 aromatic carbocycles. The average Bonchev–Trinajstić information content (AvgIpc) is 2.75. The van der Waals surface area contributed by atoms with Crippen molar-refractivity contribution in [3.8, 4) is 0 Å². The van der Waals surface area contributed by atoms with E-state index in [0.717, 1.165) is 36.0 Å². The molecule has 2 heteroatoms. The number of aryl methyl sites for hydroxylation is 2. The van der Waals surface area contributed by atoms with E-state index in [1.807, 2.05) is 6.92 Å². The summed E-state index contributed by atoms with van der Waals surface area (Å²) in [5.74, 6) is 2.74. The third-order valence-electron chi connectivity index (χ3n) is 5.07. The molecule has 150 valence electrons. The van der Waals surface area contributed by atoms with E-state index in [2.05, 4.69) is 92.1 Å². The monoisotopic (exact) mass is 384 g/mol. The fourth-order valence-electron chi connectivity index (χ4n) is 3.45. The standard InChI is InChI=1S/C27H32N2/c1-5-8-12-23-14-11-16-25(19-23)27(24-15-10-13-22(7-3)18-24)26(17-9-6-2)21(4)20-29-28/h9-11,13-19H,5-8,12H2,1-4H3. The lowest BCUT2D eigenvalue weighted by molar-refractivity contribution is 0.00756. The highest BCUT2D eigenvalue weighted by molar-refractivity contribution is 5.88. The molecule has 0 heterocycles. The number of hydrogen-bond acceptors (Lipinski definition) is 0. The molecule has 0 spiro atoms. The van der Waals surface area contributed by atoms with Gasteiger partial charge in [-0.3, -0.25) is 0 Å². The molecule has 0 amide bonds. The smallest absolute Gasteiger partial charge is 0.303 e. The van der Waals surface area contributed by atoms with Gasteiger partial charge in [-0.2, -0.15) is 0 Å². The molecule has 0 saturated heterocycles. The van der Waals surface area contributed by atoms with Crippen LogP contribution in [0.4, 0.5) is 0 Å². The van der Waals surface area contributed by atoms with Crippen molar-refractivity contribution in [2.75, 3.05) is 0 Å². The zero-order valence-electron chi connectivity index (χ0n) is 18.2. The summed E-state index contributed by atoms with van der Waals surface area (Å²) >= 11 is 0. The minimum Gasteiger partial charge on any atom is -0.348 e. The fourth-order valence-corrected chi connectivity index (χ4v) is 3.45. The summed E-state index contributed by atoms with van der Waals surface area (Å²) in [4.78, 5) is 3.17. The van der Waals surface area contributed by atoms with Gasteiger partial charge in [-0.25, -0.2) is 0 Å². The van der Waals surface area contributed by atoms with Gasteiger partial charge in [-0.15, -0.1) is 4.79 Å². The topological polar surface area (TPSA) is 36.4 Å². The van der Waals surface area contributed by atoms with Crippen molar-refractivity contribution in [1.29, 1.82) is 0 Å². The molecule has 0 saturated carbocycles. The summed E-state index contributed by atoms with van der Waals surface area (Å²) < 4.78 is 0. The van der Waals surface area contributed by atoms with Gasteiger partial charge < -0.3 is 5.53 Å². The van der Waals surface area contributed by atoms with Gasteiger partial charge in [0.1, 0.15) is 0 Å². The summed E-state index contributed by atoms with van der Waals surface area (Å²) in [7, 11) is 0. The highest BCUT2D eigenvalue weighted by atomic mass is 14.8. The lowest BCUT2D eigenvalue weighted by Crippen LogP contribution is -1.98. The first kappa shape index (κ1) is 22.4. The number of unbranched alkanes of at least 4 members (excludes halogenated alkanes) is 1. The predicted octanol–water partition coefficient (Wildman–Crippen LogP) is 7.21. The number of rotatable bonds is 9. The summed E-state index contributed by atoms with van der Waals surface area (Å²) in [6.45, 7) is 8.46. The maximum Gasteiger partial charge on any atom is 0.303 e. The fraction of sp³-hybridized carbons (Fsp3) is 0.333. The Hall–Kier alpha value is -2.92. The van der Waals surface area contributed by atoms with E-state index in [1.54, 1.807) is 0 Å². The van der Waals surface area contributed by atoms with Gasteiger partial charge in [0.15, 0.2) is 0 Å². The summed E-state index contributed by atoms with van der Waals surface area (Å²) in [5.41, 5.74) is 17.1. The van der Waals surface area contributed by atoms with E-state index in [9.17, 15) is 0 Å². The van der Waals surface area contributed by atoms with Gasteiger partial charge in [0.05, 0.1) is 5.57 Å². The molecule has 0 aromatic heterocycles. The third kappa shape index (κ3) is 6.29. The average molecular weight is 385 g/mol. The largest absolute Gasteiger partial charge is 0.348 e. The lowest BCUT2D eigenvalue weighted by atomic mass is 9.88. The SMILES string of the molecule is CCC=CC(C(C)=C=[N+]=[N-])=C(c1cccc(CC)c1)c1cccc(CCCC)c1. The molecule has 0 aliphatic heterocycles. The Kier molecular flexibility index (Phi) is 9.12. The second-order valence-corrected chi connectivity index (χ2v) is 7.29. The Labute approximate surface area is 175 Å².